The molecule has 0 aliphatic carbocycles. The second-order valence-corrected chi connectivity index (χ2v) is 5.01. The van der Waals surface area contributed by atoms with Crippen LogP contribution in [-0.2, 0) is 13.0 Å². The van der Waals surface area contributed by atoms with Crippen LogP contribution in [0.4, 0.5) is 0 Å². The van der Waals surface area contributed by atoms with Crippen LogP contribution >= 0.6 is 27.5 Å². The lowest BCUT2D eigenvalue weighted by atomic mass is 10.2. The molecule has 0 bridgehead atoms. The minimum atomic E-state index is -0.0400. The first-order valence-electron chi connectivity index (χ1n) is 5.33. The summed E-state index contributed by atoms with van der Waals surface area (Å²) in [5, 5.41) is 3.76. The Balaban J connectivity index is 2.34. The minimum absolute atomic E-state index is 0.0400. The van der Waals surface area contributed by atoms with Crippen molar-refractivity contribution in [1.82, 2.24) is 9.78 Å². The van der Waals surface area contributed by atoms with Crippen LogP contribution in [0, 0.1) is 0 Å². The molecule has 3 nitrogen and oxygen atoms in total. The fraction of sp³-hybridized carbons (Fsp3) is 0.250. The van der Waals surface area contributed by atoms with Crippen molar-refractivity contribution in [3.05, 3.63) is 55.4 Å². The molecule has 0 fully saturated rings. The fourth-order valence-electron chi connectivity index (χ4n) is 1.67. The van der Waals surface area contributed by atoms with E-state index in [0.29, 0.717) is 16.0 Å². The van der Waals surface area contributed by atoms with Gasteiger partial charge in [0.25, 0.3) is 5.56 Å². The molecule has 2 aromatic rings. The van der Waals surface area contributed by atoms with E-state index in [1.165, 1.54) is 0 Å². The molecule has 17 heavy (non-hydrogen) atoms. The standard InChI is InChI=1S/C12H12BrClN2O/c1-2-10-11(13)12(17)16(15-10)7-8-4-3-5-9(14)6-8/h3-6,15H,2,7H2,1H3. The van der Waals surface area contributed by atoms with Crippen LogP contribution in [0.2, 0.25) is 5.02 Å². The van der Waals surface area contributed by atoms with E-state index in [9.17, 15) is 4.79 Å². The van der Waals surface area contributed by atoms with Gasteiger partial charge in [-0.2, -0.15) is 0 Å². The number of H-pyrrole nitrogens is 1. The van der Waals surface area contributed by atoms with Crippen LogP contribution in [0.1, 0.15) is 18.2 Å². The highest BCUT2D eigenvalue weighted by atomic mass is 79.9. The summed E-state index contributed by atoms with van der Waals surface area (Å²) < 4.78 is 2.19. The van der Waals surface area contributed by atoms with Crippen LogP contribution in [-0.4, -0.2) is 9.78 Å². The largest absolute Gasteiger partial charge is 0.298 e. The predicted octanol–water partition coefficient (Wildman–Crippen LogP) is 3.20. The van der Waals surface area contributed by atoms with Gasteiger partial charge in [-0.05, 0) is 40.0 Å². The highest BCUT2D eigenvalue weighted by Gasteiger charge is 2.10. The zero-order valence-corrected chi connectivity index (χ0v) is 11.7. The van der Waals surface area contributed by atoms with E-state index in [4.69, 9.17) is 11.6 Å². The van der Waals surface area contributed by atoms with Gasteiger partial charge in [0.1, 0.15) is 4.47 Å². The van der Waals surface area contributed by atoms with E-state index in [0.717, 1.165) is 17.7 Å². The number of aryl methyl sites for hydroxylation is 1. The lowest BCUT2D eigenvalue weighted by Crippen LogP contribution is -2.17. The van der Waals surface area contributed by atoms with E-state index in [1.807, 2.05) is 31.2 Å². The molecule has 0 amide bonds. The van der Waals surface area contributed by atoms with Gasteiger partial charge < -0.3 is 0 Å². The number of benzene rings is 1. The molecule has 0 radical (unpaired) electrons. The summed E-state index contributed by atoms with van der Waals surface area (Å²) in [5.41, 5.74) is 1.87. The van der Waals surface area contributed by atoms with Crippen LogP contribution < -0.4 is 5.56 Å². The Morgan fingerprint density at radius 3 is 2.82 bits per heavy atom. The highest BCUT2D eigenvalue weighted by molar-refractivity contribution is 9.10. The summed E-state index contributed by atoms with van der Waals surface area (Å²) in [7, 11) is 0. The molecule has 2 rings (SSSR count). The van der Waals surface area contributed by atoms with Gasteiger partial charge in [0.05, 0.1) is 12.2 Å². The topological polar surface area (TPSA) is 37.8 Å². The van der Waals surface area contributed by atoms with Crippen molar-refractivity contribution in [2.75, 3.05) is 0 Å². The van der Waals surface area contributed by atoms with E-state index >= 15 is 0 Å². The Morgan fingerprint density at radius 1 is 1.47 bits per heavy atom. The third-order valence-electron chi connectivity index (χ3n) is 2.55. The zero-order chi connectivity index (χ0) is 12.4. The van der Waals surface area contributed by atoms with Crippen molar-refractivity contribution in [2.24, 2.45) is 0 Å². The van der Waals surface area contributed by atoms with Gasteiger partial charge in [0.2, 0.25) is 0 Å². The van der Waals surface area contributed by atoms with Crippen molar-refractivity contribution in [1.29, 1.82) is 0 Å². The molecule has 5 heteroatoms. The summed E-state index contributed by atoms with van der Waals surface area (Å²) in [4.78, 5) is 11.9. The van der Waals surface area contributed by atoms with Gasteiger partial charge >= 0.3 is 0 Å². The number of hydrogen-bond acceptors (Lipinski definition) is 1. The number of halogens is 2. The molecule has 0 atom stereocenters. The minimum Gasteiger partial charge on any atom is -0.298 e. The van der Waals surface area contributed by atoms with Crippen LogP contribution in [0.15, 0.2) is 33.5 Å². The Bertz CT molecular complexity index is 588. The molecular formula is C12H12BrClN2O. The number of rotatable bonds is 3. The van der Waals surface area contributed by atoms with Gasteiger partial charge in [-0.25, -0.2) is 4.68 Å². The maximum Gasteiger partial charge on any atom is 0.281 e. The van der Waals surface area contributed by atoms with Crippen molar-refractivity contribution in [3.8, 4) is 0 Å². The van der Waals surface area contributed by atoms with Gasteiger partial charge in [0.15, 0.2) is 0 Å². The summed E-state index contributed by atoms with van der Waals surface area (Å²) in [6.45, 7) is 2.50. The van der Waals surface area contributed by atoms with Crippen molar-refractivity contribution < 1.29 is 0 Å². The molecular weight excluding hydrogens is 304 g/mol. The van der Waals surface area contributed by atoms with E-state index in [1.54, 1.807) is 4.68 Å². The SMILES string of the molecule is CCc1[nH]n(Cc2cccc(Cl)c2)c(=O)c1Br. The number of aromatic amines is 1. The Kier molecular flexibility index (Phi) is 3.74. The Morgan fingerprint density at radius 2 is 2.24 bits per heavy atom. The first kappa shape index (κ1) is 12.5. The summed E-state index contributed by atoms with van der Waals surface area (Å²) >= 11 is 9.21. The first-order chi connectivity index (χ1) is 8.11. The van der Waals surface area contributed by atoms with Gasteiger partial charge in [-0.15, -0.1) is 0 Å². The van der Waals surface area contributed by atoms with Gasteiger partial charge in [0, 0.05) is 5.02 Å². The Hall–Kier alpha value is -1.00. The normalized spacial score (nSPS) is 10.8. The molecule has 1 aromatic carbocycles. The molecule has 0 aliphatic rings. The van der Waals surface area contributed by atoms with E-state index in [-0.39, 0.29) is 5.56 Å². The van der Waals surface area contributed by atoms with E-state index in [2.05, 4.69) is 21.0 Å². The molecule has 0 spiro atoms. The van der Waals surface area contributed by atoms with Crippen LogP contribution in [0.5, 0.6) is 0 Å². The molecule has 0 unspecified atom stereocenters. The molecule has 0 saturated carbocycles. The average molecular weight is 316 g/mol. The van der Waals surface area contributed by atoms with Crippen molar-refractivity contribution in [2.45, 2.75) is 19.9 Å². The molecule has 0 saturated heterocycles. The molecule has 1 N–H and O–H groups in total. The molecule has 1 aromatic heterocycles. The summed E-state index contributed by atoms with van der Waals surface area (Å²) in [6.07, 6.45) is 0.790. The third kappa shape index (κ3) is 2.64. The van der Waals surface area contributed by atoms with Gasteiger partial charge in [-0.3, -0.25) is 9.89 Å². The summed E-state index contributed by atoms with van der Waals surface area (Å²) in [5.74, 6) is 0. The lowest BCUT2D eigenvalue weighted by molar-refractivity contribution is 0.652. The monoisotopic (exact) mass is 314 g/mol. The number of nitrogens with zero attached hydrogens (tertiary/aromatic N) is 1. The maximum atomic E-state index is 11.9. The summed E-state index contributed by atoms with van der Waals surface area (Å²) in [6, 6.07) is 7.49. The predicted molar refractivity (Wildman–Crippen MR) is 72.7 cm³/mol. The number of aromatic nitrogens is 2. The highest BCUT2D eigenvalue weighted by Crippen LogP contribution is 2.13. The molecule has 0 aliphatic heterocycles. The fourth-order valence-corrected chi connectivity index (χ4v) is 2.47. The van der Waals surface area contributed by atoms with Crippen molar-refractivity contribution in [3.63, 3.8) is 0 Å². The average Bonchev–Trinajstić information content (AvgIpc) is 2.57. The second-order valence-electron chi connectivity index (χ2n) is 3.78. The first-order valence-corrected chi connectivity index (χ1v) is 6.50. The smallest absolute Gasteiger partial charge is 0.281 e. The number of hydrogen-bond donors (Lipinski definition) is 1. The molecule has 1 heterocycles. The van der Waals surface area contributed by atoms with Crippen LogP contribution in [0.3, 0.4) is 0 Å². The zero-order valence-electron chi connectivity index (χ0n) is 9.34. The Labute approximate surface area is 113 Å². The van der Waals surface area contributed by atoms with Crippen molar-refractivity contribution >= 4 is 27.5 Å². The quantitative estimate of drug-likeness (QED) is 0.928. The number of nitrogens with one attached hydrogen (secondary N) is 1. The molecule has 90 valence electrons. The second kappa shape index (κ2) is 5.10. The van der Waals surface area contributed by atoms with E-state index < -0.39 is 0 Å². The third-order valence-corrected chi connectivity index (χ3v) is 3.60. The van der Waals surface area contributed by atoms with Crippen LogP contribution in [0.25, 0.3) is 0 Å². The van der Waals surface area contributed by atoms with Gasteiger partial charge in [-0.1, -0.05) is 30.7 Å². The lowest BCUT2D eigenvalue weighted by Gasteiger charge is -2.02. The maximum absolute atomic E-state index is 11.9.